The molecule has 0 saturated carbocycles. The molecule has 1 aromatic rings. The molecule has 0 atom stereocenters. The van der Waals surface area contributed by atoms with Gasteiger partial charge in [0.2, 0.25) is 10.0 Å². The largest absolute Gasteiger partial charge is 0.491 e. The van der Waals surface area contributed by atoms with Crippen LogP contribution in [0.3, 0.4) is 0 Å². The zero-order chi connectivity index (χ0) is 14.5. The number of sulfonamides is 1. The monoisotopic (exact) mass is 282 g/mol. The molecule has 104 valence electrons. The van der Waals surface area contributed by atoms with Gasteiger partial charge < -0.3 is 4.74 Å². The van der Waals surface area contributed by atoms with Crippen LogP contribution in [0, 0.1) is 11.3 Å². The Morgan fingerprint density at radius 1 is 1.32 bits per heavy atom. The molecular formula is C13H18N2O3S. The molecule has 0 aromatic heterocycles. The van der Waals surface area contributed by atoms with Crippen LogP contribution in [0.25, 0.3) is 0 Å². The summed E-state index contributed by atoms with van der Waals surface area (Å²) in [6.07, 6.45) is 0.213. The van der Waals surface area contributed by atoms with E-state index in [4.69, 9.17) is 10.00 Å². The van der Waals surface area contributed by atoms with Crippen LogP contribution >= 0.6 is 0 Å². The summed E-state index contributed by atoms with van der Waals surface area (Å²) >= 11 is 0. The Bertz CT molecular complexity index is 544. The Morgan fingerprint density at radius 2 is 1.89 bits per heavy atom. The van der Waals surface area contributed by atoms with Crippen molar-refractivity contribution in [2.45, 2.75) is 31.3 Å². The maximum atomic E-state index is 12.1. The average molecular weight is 282 g/mol. The lowest BCUT2D eigenvalue weighted by molar-refractivity contribution is 0.242. The van der Waals surface area contributed by atoms with Gasteiger partial charge in [0.25, 0.3) is 0 Å². The predicted octanol–water partition coefficient (Wildman–Crippen LogP) is 2.01. The van der Waals surface area contributed by atoms with Crippen molar-refractivity contribution in [3.05, 3.63) is 24.3 Å². The molecule has 0 bridgehead atoms. The molecule has 0 aliphatic carbocycles. The zero-order valence-corrected chi connectivity index (χ0v) is 12.1. The Morgan fingerprint density at radius 3 is 2.37 bits per heavy atom. The molecule has 5 nitrogen and oxygen atoms in total. The third-order valence-corrected chi connectivity index (χ3v) is 4.31. The fourth-order valence-corrected chi connectivity index (χ4v) is 2.64. The summed E-state index contributed by atoms with van der Waals surface area (Å²) in [5.74, 6) is 0.633. The number of ether oxygens (including phenoxy) is 1. The molecule has 0 saturated heterocycles. The molecule has 0 amide bonds. The second kappa shape index (κ2) is 6.55. The number of hydrogen-bond acceptors (Lipinski definition) is 4. The van der Waals surface area contributed by atoms with Gasteiger partial charge in [-0.25, -0.2) is 8.42 Å². The van der Waals surface area contributed by atoms with Crippen molar-refractivity contribution in [1.82, 2.24) is 4.31 Å². The van der Waals surface area contributed by atoms with Gasteiger partial charge in [-0.15, -0.1) is 0 Å². The molecule has 0 unspecified atom stereocenters. The molecule has 6 heteroatoms. The average Bonchev–Trinajstić information content (AvgIpc) is 2.35. The summed E-state index contributed by atoms with van der Waals surface area (Å²) in [6, 6.07) is 8.21. The summed E-state index contributed by atoms with van der Waals surface area (Å²) in [7, 11) is -2.07. The molecule has 0 aliphatic heterocycles. The van der Waals surface area contributed by atoms with Crippen molar-refractivity contribution in [2.75, 3.05) is 13.6 Å². The Balaban J connectivity index is 2.88. The van der Waals surface area contributed by atoms with Crippen molar-refractivity contribution >= 4 is 10.0 Å². The fourth-order valence-electron chi connectivity index (χ4n) is 1.47. The number of nitrogens with zero attached hydrogens (tertiary/aromatic N) is 2. The molecule has 19 heavy (non-hydrogen) atoms. The quantitative estimate of drug-likeness (QED) is 0.800. The Hall–Kier alpha value is -1.58. The second-order valence-electron chi connectivity index (χ2n) is 4.37. The van der Waals surface area contributed by atoms with Crippen LogP contribution in [0.4, 0.5) is 0 Å². The summed E-state index contributed by atoms with van der Waals surface area (Å²) in [5, 5.41) is 8.48. The van der Waals surface area contributed by atoms with Crippen LogP contribution in [0.5, 0.6) is 5.75 Å². The highest BCUT2D eigenvalue weighted by molar-refractivity contribution is 7.89. The van der Waals surface area contributed by atoms with Crippen LogP contribution in [0.15, 0.2) is 29.2 Å². The summed E-state index contributed by atoms with van der Waals surface area (Å²) in [6.45, 7) is 3.99. The molecule has 1 rings (SSSR count). The maximum absolute atomic E-state index is 12.1. The minimum Gasteiger partial charge on any atom is -0.491 e. The Labute approximate surface area is 114 Å². The van der Waals surface area contributed by atoms with Crippen LogP contribution in [0.1, 0.15) is 20.3 Å². The van der Waals surface area contributed by atoms with E-state index < -0.39 is 10.0 Å². The molecular weight excluding hydrogens is 264 g/mol. The highest BCUT2D eigenvalue weighted by Crippen LogP contribution is 2.19. The molecule has 0 heterocycles. The number of benzene rings is 1. The number of hydrogen-bond donors (Lipinski definition) is 0. The van der Waals surface area contributed by atoms with Crippen molar-refractivity contribution in [2.24, 2.45) is 0 Å². The zero-order valence-electron chi connectivity index (χ0n) is 11.3. The van der Waals surface area contributed by atoms with E-state index in [-0.39, 0.29) is 24.0 Å². The van der Waals surface area contributed by atoms with E-state index in [2.05, 4.69) is 0 Å². The van der Waals surface area contributed by atoms with Gasteiger partial charge in [-0.05, 0) is 38.1 Å². The highest BCUT2D eigenvalue weighted by atomic mass is 32.2. The highest BCUT2D eigenvalue weighted by Gasteiger charge is 2.20. The van der Waals surface area contributed by atoms with E-state index in [1.165, 1.54) is 23.5 Å². The fraction of sp³-hybridized carbons (Fsp3) is 0.462. The SMILES string of the molecule is CC(C)Oc1ccc(S(=O)(=O)N(C)CCC#N)cc1. The van der Waals surface area contributed by atoms with Gasteiger partial charge in [-0.3, -0.25) is 0 Å². The van der Waals surface area contributed by atoms with E-state index >= 15 is 0 Å². The topological polar surface area (TPSA) is 70.4 Å². The van der Waals surface area contributed by atoms with Crippen molar-refractivity contribution in [3.63, 3.8) is 0 Å². The van der Waals surface area contributed by atoms with Crippen molar-refractivity contribution in [3.8, 4) is 11.8 Å². The van der Waals surface area contributed by atoms with E-state index in [1.54, 1.807) is 12.1 Å². The van der Waals surface area contributed by atoms with E-state index in [0.29, 0.717) is 5.75 Å². The van der Waals surface area contributed by atoms with E-state index in [9.17, 15) is 8.42 Å². The lowest BCUT2D eigenvalue weighted by atomic mass is 10.3. The number of rotatable bonds is 6. The van der Waals surface area contributed by atoms with Gasteiger partial charge in [-0.1, -0.05) is 0 Å². The lowest BCUT2D eigenvalue weighted by Crippen LogP contribution is -2.27. The predicted molar refractivity (Wildman–Crippen MR) is 72.3 cm³/mol. The lowest BCUT2D eigenvalue weighted by Gasteiger charge is -2.16. The second-order valence-corrected chi connectivity index (χ2v) is 6.42. The summed E-state index contributed by atoms with van der Waals surface area (Å²) in [4.78, 5) is 0.198. The van der Waals surface area contributed by atoms with Crippen LogP contribution in [-0.4, -0.2) is 32.4 Å². The molecule has 0 radical (unpaired) electrons. The molecule has 0 spiro atoms. The standard InChI is InChI=1S/C13H18N2O3S/c1-11(2)18-12-5-7-13(8-6-12)19(16,17)15(3)10-4-9-14/h5-8,11H,4,10H2,1-3H3. The first-order valence-corrected chi connectivity index (χ1v) is 7.42. The number of nitriles is 1. The smallest absolute Gasteiger partial charge is 0.242 e. The summed E-state index contributed by atoms with van der Waals surface area (Å²) < 4.78 is 30.9. The molecule has 0 aliphatic rings. The summed E-state index contributed by atoms with van der Waals surface area (Å²) in [5.41, 5.74) is 0. The van der Waals surface area contributed by atoms with Gasteiger partial charge in [0.15, 0.2) is 0 Å². The van der Waals surface area contributed by atoms with Gasteiger partial charge >= 0.3 is 0 Å². The van der Waals surface area contributed by atoms with Gasteiger partial charge in [-0.2, -0.15) is 9.57 Å². The van der Waals surface area contributed by atoms with Crippen LogP contribution < -0.4 is 4.74 Å². The third kappa shape index (κ3) is 4.23. The van der Waals surface area contributed by atoms with Gasteiger partial charge in [0, 0.05) is 20.0 Å². The molecule has 0 N–H and O–H groups in total. The minimum absolute atomic E-state index is 0.0424. The van der Waals surface area contributed by atoms with Gasteiger partial charge in [0.05, 0.1) is 17.1 Å². The van der Waals surface area contributed by atoms with Crippen LogP contribution in [0.2, 0.25) is 0 Å². The van der Waals surface area contributed by atoms with E-state index in [1.807, 2.05) is 19.9 Å². The van der Waals surface area contributed by atoms with E-state index in [0.717, 1.165) is 0 Å². The normalized spacial score (nSPS) is 11.6. The third-order valence-electron chi connectivity index (χ3n) is 2.44. The first kappa shape index (κ1) is 15.5. The molecule has 1 aromatic carbocycles. The van der Waals surface area contributed by atoms with Crippen LogP contribution in [-0.2, 0) is 10.0 Å². The van der Waals surface area contributed by atoms with Gasteiger partial charge in [0.1, 0.15) is 5.75 Å². The Kier molecular flexibility index (Phi) is 5.33. The first-order valence-electron chi connectivity index (χ1n) is 5.98. The van der Waals surface area contributed by atoms with Crippen molar-refractivity contribution in [1.29, 1.82) is 5.26 Å². The minimum atomic E-state index is -3.53. The van der Waals surface area contributed by atoms with Crippen molar-refractivity contribution < 1.29 is 13.2 Å². The maximum Gasteiger partial charge on any atom is 0.242 e. The first-order chi connectivity index (χ1) is 8.87. The molecule has 0 fully saturated rings.